The van der Waals surface area contributed by atoms with E-state index in [0.717, 1.165) is 28.5 Å². The van der Waals surface area contributed by atoms with Gasteiger partial charge in [-0.15, -0.1) is 5.10 Å². The number of halogens is 1. The van der Waals surface area contributed by atoms with Gasteiger partial charge in [0, 0.05) is 29.2 Å². The Bertz CT molecular complexity index is 1640. The van der Waals surface area contributed by atoms with Crippen LogP contribution >= 0.6 is 11.6 Å². The number of rotatable bonds is 8. The van der Waals surface area contributed by atoms with Crippen LogP contribution in [0.1, 0.15) is 61.8 Å². The Balaban J connectivity index is 1.75. The molecule has 0 radical (unpaired) electrons. The number of benzene rings is 3. The Kier molecular flexibility index (Phi) is 7.64. The number of aryl methyl sites for hydroxylation is 1. The number of hydrogen-bond donors (Lipinski definition) is 1. The molecule has 2 aromatic heterocycles. The Morgan fingerprint density at radius 1 is 0.949 bits per heavy atom. The highest BCUT2D eigenvalue weighted by Gasteiger charge is 2.34. The van der Waals surface area contributed by atoms with Crippen molar-refractivity contribution in [1.29, 1.82) is 0 Å². The summed E-state index contributed by atoms with van der Waals surface area (Å²) in [6, 6.07) is 25.6. The van der Waals surface area contributed by atoms with Gasteiger partial charge in [-0.1, -0.05) is 73.1 Å². The molecule has 8 heteroatoms. The third-order valence-corrected chi connectivity index (χ3v) is 7.31. The highest BCUT2D eigenvalue weighted by atomic mass is 35.5. The van der Waals surface area contributed by atoms with Crippen LogP contribution in [0.3, 0.4) is 0 Å². The molecular weight excluding hydrogens is 508 g/mol. The number of fused-ring (bicyclic) bond motifs is 1. The molecule has 0 amide bonds. The average Bonchev–Trinajstić information content (AvgIpc) is 3.41. The summed E-state index contributed by atoms with van der Waals surface area (Å²) >= 11 is 6.65. The quantitative estimate of drug-likeness (QED) is 0.250. The maximum absolute atomic E-state index is 13.8. The van der Waals surface area contributed by atoms with Gasteiger partial charge in [-0.05, 0) is 84.0 Å². The van der Waals surface area contributed by atoms with E-state index in [9.17, 15) is 4.79 Å². The van der Waals surface area contributed by atoms with Crippen LogP contribution < -0.4 is 5.56 Å². The summed E-state index contributed by atoms with van der Waals surface area (Å²) in [5.41, 5.74) is 4.08. The summed E-state index contributed by atoms with van der Waals surface area (Å²) in [5.74, 6) is 0.599. The molecule has 0 saturated heterocycles. The Hall–Kier alpha value is -3.81. The van der Waals surface area contributed by atoms with Crippen molar-refractivity contribution in [2.45, 2.75) is 58.8 Å². The largest absolute Gasteiger partial charge is 0.322 e. The lowest BCUT2D eigenvalue weighted by Gasteiger charge is -2.33. The average molecular weight is 541 g/mol. The molecule has 39 heavy (non-hydrogen) atoms. The minimum atomic E-state index is -0.547. The van der Waals surface area contributed by atoms with Gasteiger partial charge < -0.3 is 4.98 Å². The summed E-state index contributed by atoms with van der Waals surface area (Å²) < 4.78 is 1.81. The van der Waals surface area contributed by atoms with Crippen molar-refractivity contribution in [1.82, 2.24) is 30.1 Å². The van der Waals surface area contributed by atoms with Crippen LogP contribution in [0.25, 0.3) is 10.9 Å². The SMILES string of the molecule is CCc1ccc2[nH]c(=O)c(C(c3nnnn3C(C)(C)C)N(Cc3ccccc3)Cc3ccccc3Cl)cc2c1. The number of nitrogens with one attached hydrogen (secondary N) is 1. The Morgan fingerprint density at radius 2 is 1.69 bits per heavy atom. The second-order valence-corrected chi connectivity index (χ2v) is 11.2. The van der Waals surface area contributed by atoms with E-state index in [1.165, 1.54) is 5.56 Å². The number of pyridine rings is 1. The Labute approximate surface area is 233 Å². The zero-order valence-corrected chi connectivity index (χ0v) is 23.5. The maximum atomic E-state index is 13.8. The number of aromatic amines is 1. The van der Waals surface area contributed by atoms with E-state index in [2.05, 4.69) is 77.4 Å². The molecule has 0 spiro atoms. The van der Waals surface area contributed by atoms with Crippen LogP contribution in [0.5, 0.6) is 0 Å². The summed E-state index contributed by atoms with van der Waals surface area (Å²) in [6.07, 6.45) is 0.905. The van der Waals surface area contributed by atoms with Gasteiger partial charge >= 0.3 is 0 Å². The van der Waals surface area contributed by atoms with Crippen molar-refractivity contribution in [2.24, 2.45) is 0 Å². The summed E-state index contributed by atoms with van der Waals surface area (Å²) in [5, 5.41) is 14.6. The van der Waals surface area contributed by atoms with Gasteiger partial charge in [0.1, 0.15) is 6.04 Å². The molecule has 1 atom stereocenters. The number of aromatic nitrogens is 5. The molecule has 0 aliphatic rings. The molecule has 200 valence electrons. The van der Waals surface area contributed by atoms with Crippen molar-refractivity contribution in [3.63, 3.8) is 0 Å². The number of H-pyrrole nitrogens is 1. The third kappa shape index (κ3) is 5.79. The first kappa shape index (κ1) is 26.8. The molecule has 0 bridgehead atoms. The predicted molar refractivity (Wildman–Crippen MR) is 156 cm³/mol. The van der Waals surface area contributed by atoms with Gasteiger partial charge in [-0.3, -0.25) is 9.69 Å². The van der Waals surface area contributed by atoms with Crippen LogP contribution in [0, 0.1) is 0 Å². The lowest BCUT2D eigenvalue weighted by molar-refractivity contribution is 0.184. The summed E-state index contributed by atoms with van der Waals surface area (Å²) in [4.78, 5) is 19.1. The maximum Gasteiger partial charge on any atom is 0.253 e. The second-order valence-electron chi connectivity index (χ2n) is 10.8. The molecule has 0 fully saturated rings. The molecule has 1 unspecified atom stereocenters. The monoisotopic (exact) mass is 540 g/mol. The minimum absolute atomic E-state index is 0.169. The zero-order chi connectivity index (χ0) is 27.6. The van der Waals surface area contributed by atoms with Crippen LogP contribution in [-0.4, -0.2) is 30.1 Å². The van der Waals surface area contributed by atoms with Crippen molar-refractivity contribution in [3.05, 3.63) is 122 Å². The zero-order valence-electron chi connectivity index (χ0n) is 22.7. The Morgan fingerprint density at radius 3 is 2.41 bits per heavy atom. The van der Waals surface area contributed by atoms with Crippen molar-refractivity contribution in [3.8, 4) is 0 Å². The van der Waals surface area contributed by atoms with E-state index < -0.39 is 11.6 Å². The lowest BCUT2D eigenvalue weighted by Crippen LogP contribution is -2.37. The van der Waals surface area contributed by atoms with Crippen molar-refractivity contribution < 1.29 is 0 Å². The molecule has 5 aromatic rings. The van der Waals surface area contributed by atoms with Crippen molar-refractivity contribution in [2.75, 3.05) is 0 Å². The normalized spacial score (nSPS) is 12.8. The van der Waals surface area contributed by atoms with Gasteiger partial charge in [0.15, 0.2) is 5.82 Å². The van der Waals surface area contributed by atoms with Crippen molar-refractivity contribution >= 4 is 22.5 Å². The third-order valence-electron chi connectivity index (χ3n) is 6.94. The van der Waals surface area contributed by atoms with Crippen LogP contribution in [0.4, 0.5) is 0 Å². The van der Waals surface area contributed by atoms with Crippen LogP contribution in [0.2, 0.25) is 5.02 Å². The minimum Gasteiger partial charge on any atom is -0.322 e. The van der Waals surface area contributed by atoms with Gasteiger partial charge in [0.25, 0.3) is 5.56 Å². The highest BCUT2D eigenvalue weighted by molar-refractivity contribution is 6.31. The molecule has 2 heterocycles. The molecule has 0 aliphatic carbocycles. The van der Waals surface area contributed by atoms with Gasteiger partial charge in [0.05, 0.1) is 5.54 Å². The van der Waals surface area contributed by atoms with E-state index in [1.807, 2.05) is 59.3 Å². The fourth-order valence-corrected chi connectivity index (χ4v) is 5.13. The smallest absolute Gasteiger partial charge is 0.253 e. The number of nitrogens with zero attached hydrogens (tertiary/aromatic N) is 5. The standard InChI is InChI=1S/C31H33ClN6O/c1-5-21-15-16-27-24(17-21)18-25(30(39)33-27)28(29-34-35-36-38(29)31(2,3)4)37(19-22-11-7-6-8-12-22)20-23-13-9-10-14-26(23)32/h6-18,28H,5,19-20H2,1-4H3,(H,33,39). The fraction of sp³-hybridized carbons (Fsp3) is 0.290. The van der Waals surface area contributed by atoms with Gasteiger partial charge in [-0.2, -0.15) is 0 Å². The van der Waals surface area contributed by atoms with E-state index in [1.54, 1.807) is 0 Å². The molecule has 7 nitrogen and oxygen atoms in total. The molecular formula is C31H33ClN6O. The number of hydrogen-bond acceptors (Lipinski definition) is 5. The first-order chi connectivity index (χ1) is 18.7. The molecule has 0 saturated carbocycles. The van der Waals surface area contributed by atoms with Crippen LogP contribution in [-0.2, 0) is 25.0 Å². The molecule has 1 N–H and O–H groups in total. The van der Waals surface area contributed by atoms with E-state index >= 15 is 0 Å². The fourth-order valence-electron chi connectivity index (χ4n) is 4.94. The van der Waals surface area contributed by atoms with Gasteiger partial charge in [0.2, 0.25) is 0 Å². The molecule has 5 rings (SSSR count). The van der Waals surface area contributed by atoms with E-state index in [4.69, 9.17) is 11.6 Å². The summed E-state index contributed by atoms with van der Waals surface area (Å²) in [6.45, 7) is 9.33. The van der Waals surface area contributed by atoms with Gasteiger partial charge in [-0.25, -0.2) is 4.68 Å². The first-order valence-corrected chi connectivity index (χ1v) is 13.6. The van der Waals surface area contributed by atoms with E-state index in [0.29, 0.717) is 29.5 Å². The molecule has 0 aliphatic heterocycles. The second kappa shape index (κ2) is 11.1. The molecule has 3 aromatic carbocycles. The topological polar surface area (TPSA) is 79.7 Å². The predicted octanol–water partition coefficient (Wildman–Crippen LogP) is 6.28. The van der Waals surface area contributed by atoms with E-state index in [-0.39, 0.29) is 5.56 Å². The highest BCUT2D eigenvalue weighted by Crippen LogP contribution is 2.33. The van der Waals surface area contributed by atoms with Crippen LogP contribution in [0.15, 0.2) is 83.7 Å². The summed E-state index contributed by atoms with van der Waals surface area (Å²) in [7, 11) is 0. The lowest BCUT2D eigenvalue weighted by atomic mass is 9.99. The first-order valence-electron chi connectivity index (χ1n) is 13.2. The number of tetrazole rings is 1.